The summed E-state index contributed by atoms with van der Waals surface area (Å²) in [5.41, 5.74) is 2.89. The third-order valence-electron chi connectivity index (χ3n) is 5.84. The van der Waals surface area contributed by atoms with Gasteiger partial charge in [-0.15, -0.1) is 0 Å². The van der Waals surface area contributed by atoms with Gasteiger partial charge in [-0.1, -0.05) is 57.9 Å². The van der Waals surface area contributed by atoms with E-state index in [4.69, 9.17) is 14.2 Å². The predicted octanol–water partition coefficient (Wildman–Crippen LogP) is 7.34. The summed E-state index contributed by atoms with van der Waals surface area (Å²) in [6.07, 6.45) is 3.14. The van der Waals surface area contributed by atoms with Gasteiger partial charge in [0.1, 0.15) is 11.5 Å². The summed E-state index contributed by atoms with van der Waals surface area (Å²) in [6.45, 7) is 8.70. The zero-order valence-corrected chi connectivity index (χ0v) is 21.0. The molecule has 5 heteroatoms. The van der Waals surface area contributed by atoms with E-state index in [0.717, 1.165) is 36.1 Å². The van der Waals surface area contributed by atoms with Crippen LogP contribution in [0.1, 0.15) is 67.7 Å². The number of carbonyl (C=O) groups is 2. The number of ether oxygens (including phenoxy) is 3. The molecule has 35 heavy (non-hydrogen) atoms. The van der Waals surface area contributed by atoms with Crippen LogP contribution in [-0.4, -0.2) is 24.6 Å². The van der Waals surface area contributed by atoms with Gasteiger partial charge in [-0.25, -0.2) is 9.59 Å². The Kier molecular flexibility index (Phi) is 9.47. The molecule has 5 nitrogen and oxygen atoms in total. The smallest absolute Gasteiger partial charge is 0.343 e. The summed E-state index contributed by atoms with van der Waals surface area (Å²) in [4.78, 5) is 24.7. The molecule has 0 radical (unpaired) electrons. The van der Waals surface area contributed by atoms with Crippen molar-refractivity contribution < 1.29 is 23.8 Å². The van der Waals surface area contributed by atoms with Crippen molar-refractivity contribution in [1.82, 2.24) is 0 Å². The first-order valence-electron chi connectivity index (χ1n) is 12.3. The Bertz CT molecular complexity index is 1090. The zero-order chi connectivity index (χ0) is 25.2. The van der Waals surface area contributed by atoms with E-state index in [-0.39, 0.29) is 12.1 Å². The van der Waals surface area contributed by atoms with E-state index in [1.54, 1.807) is 48.5 Å². The van der Waals surface area contributed by atoms with Gasteiger partial charge in [-0.05, 0) is 78.9 Å². The maximum Gasteiger partial charge on any atom is 0.343 e. The van der Waals surface area contributed by atoms with Gasteiger partial charge in [0.15, 0.2) is 0 Å². The lowest BCUT2D eigenvalue weighted by Gasteiger charge is -2.13. The third kappa shape index (κ3) is 7.71. The minimum atomic E-state index is -0.425. The van der Waals surface area contributed by atoms with Crippen molar-refractivity contribution in [3.05, 3.63) is 83.9 Å². The van der Waals surface area contributed by atoms with E-state index >= 15 is 0 Å². The summed E-state index contributed by atoms with van der Waals surface area (Å²) >= 11 is 0. The van der Waals surface area contributed by atoms with Crippen molar-refractivity contribution in [3.63, 3.8) is 0 Å². The second kappa shape index (κ2) is 12.7. The molecule has 0 saturated heterocycles. The van der Waals surface area contributed by atoms with Crippen molar-refractivity contribution in [1.29, 1.82) is 0 Å². The van der Waals surface area contributed by atoms with Crippen molar-refractivity contribution in [2.24, 2.45) is 5.92 Å². The molecular formula is C30H34O5. The molecule has 0 aliphatic rings. The van der Waals surface area contributed by atoms with Crippen LogP contribution in [0.25, 0.3) is 11.1 Å². The number of rotatable bonds is 11. The summed E-state index contributed by atoms with van der Waals surface area (Å²) in [5, 5.41) is 0. The maximum absolute atomic E-state index is 12.5. The van der Waals surface area contributed by atoms with Crippen LogP contribution in [0, 0.1) is 5.92 Å². The van der Waals surface area contributed by atoms with E-state index in [0.29, 0.717) is 29.4 Å². The molecule has 0 fully saturated rings. The lowest BCUT2D eigenvalue weighted by molar-refractivity contribution is 0.0447. The summed E-state index contributed by atoms with van der Waals surface area (Å²) < 4.78 is 16.7. The topological polar surface area (TPSA) is 61.8 Å². The van der Waals surface area contributed by atoms with Crippen molar-refractivity contribution in [2.45, 2.75) is 53.1 Å². The van der Waals surface area contributed by atoms with Crippen molar-refractivity contribution >= 4 is 11.9 Å². The second-order valence-corrected chi connectivity index (χ2v) is 8.84. The SMILES string of the molecule is CCCC(C)Oc1ccc(C(=O)Oc2ccc(-c3ccc(C(=O)OC[C@@H](C)CC)cc3)cc2)cc1. The minimum absolute atomic E-state index is 0.135. The molecule has 184 valence electrons. The van der Waals surface area contributed by atoms with Gasteiger partial charge in [-0.3, -0.25) is 0 Å². The average molecular weight is 475 g/mol. The summed E-state index contributed by atoms with van der Waals surface area (Å²) in [5.74, 6) is 0.807. The molecule has 0 aromatic heterocycles. The molecule has 0 aliphatic carbocycles. The Morgan fingerprint density at radius 2 is 1.23 bits per heavy atom. The van der Waals surface area contributed by atoms with Crippen molar-refractivity contribution in [3.8, 4) is 22.6 Å². The second-order valence-electron chi connectivity index (χ2n) is 8.84. The molecular weight excluding hydrogens is 440 g/mol. The molecule has 0 saturated carbocycles. The fourth-order valence-electron chi connectivity index (χ4n) is 3.47. The Labute approximate surface area is 208 Å². The molecule has 3 rings (SSSR count). The number of hydrogen-bond acceptors (Lipinski definition) is 5. The van der Waals surface area contributed by atoms with Gasteiger partial charge in [-0.2, -0.15) is 0 Å². The van der Waals surface area contributed by atoms with E-state index in [1.165, 1.54) is 0 Å². The van der Waals surface area contributed by atoms with Crippen LogP contribution >= 0.6 is 0 Å². The first kappa shape index (κ1) is 26.0. The fraction of sp³-hybridized carbons (Fsp3) is 0.333. The lowest BCUT2D eigenvalue weighted by atomic mass is 10.0. The summed E-state index contributed by atoms with van der Waals surface area (Å²) in [6, 6.07) is 21.5. The van der Waals surface area contributed by atoms with Gasteiger partial charge >= 0.3 is 11.9 Å². The highest BCUT2D eigenvalue weighted by atomic mass is 16.5. The Balaban J connectivity index is 1.57. The van der Waals surface area contributed by atoms with Crippen LogP contribution in [0.2, 0.25) is 0 Å². The quantitative estimate of drug-likeness (QED) is 0.215. The Hall–Kier alpha value is -3.60. The van der Waals surface area contributed by atoms with Crippen LogP contribution in [-0.2, 0) is 4.74 Å². The van der Waals surface area contributed by atoms with E-state index in [1.807, 2.05) is 31.2 Å². The van der Waals surface area contributed by atoms with Crippen molar-refractivity contribution in [2.75, 3.05) is 6.61 Å². The van der Waals surface area contributed by atoms with Gasteiger partial charge in [0.25, 0.3) is 0 Å². The normalized spacial score (nSPS) is 12.5. The Morgan fingerprint density at radius 3 is 1.80 bits per heavy atom. The highest BCUT2D eigenvalue weighted by Gasteiger charge is 2.12. The molecule has 0 bridgehead atoms. The zero-order valence-electron chi connectivity index (χ0n) is 21.0. The summed E-state index contributed by atoms with van der Waals surface area (Å²) in [7, 11) is 0. The number of carbonyl (C=O) groups excluding carboxylic acids is 2. The highest BCUT2D eigenvalue weighted by Crippen LogP contribution is 2.24. The highest BCUT2D eigenvalue weighted by molar-refractivity contribution is 5.91. The van der Waals surface area contributed by atoms with Gasteiger partial charge in [0.05, 0.1) is 23.8 Å². The Morgan fingerprint density at radius 1 is 0.714 bits per heavy atom. The number of hydrogen-bond donors (Lipinski definition) is 0. The number of esters is 2. The molecule has 1 unspecified atom stereocenters. The first-order chi connectivity index (χ1) is 16.9. The molecule has 0 heterocycles. The fourth-order valence-corrected chi connectivity index (χ4v) is 3.47. The van der Waals surface area contributed by atoms with Gasteiger partial charge < -0.3 is 14.2 Å². The van der Waals surface area contributed by atoms with Crippen LogP contribution in [0.15, 0.2) is 72.8 Å². The van der Waals surface area contributed by atoms with Gasteiger partial charge in [0.2, 0.25) is 0 Å². The molecule has 0 amide bonds. The van der Waals surface area contributed by atoms with E-state index < -0.39 is 5.97 Å². The monoisotopic (exact) mass is 474 g/mol. The molecule has 3 aromatic rings. The van der Waals surface area contributed by atoms with Crippen LogP contribution in [0.4, 0.5) is 0 Å². The molecule has 0 spiro atoms. The largest absolute Gasteiger partial charge is 0.491 e. The molecule has 3 aromatic carbocycles. The third-order valence-corrected chi connectivity index (χ3v) is 5.84. The average Bonchev–Trinajstić information content (AvgIpc) is 2.88. The standard InChI is InChI=1S/C30H34O5/c1-5-7-22(4)34-27-18-14-26(15-19-27)30(32)35-28-16-12-24(13-17-28)23-8-10-25(11-9-23)29(31)33-20-21(3)6-2/h8-19,21-22H,5-7,20H2,1-4H3/t21-,22?/m0/s1. The lowest BCUT2D eigenvalue weighted by Crippen LogP contribution is -2.11. The molecule has 2 atom stereocenters. The van der Waals surface area contributed by atoms with E-state index in [2.05, 4.69) is 20.8 Å². The first-order valence-corrected chi connectivity index (χ1v) is 12.3. The van der Waals surface area contributed by atoms with Crippen LogP contribution in [0.5, 0.6) is 11.5 Å². The molecule has 0 N–H and O–H groups in total. The van der Waals surface area contributed by atoms with Gasteiger partial charge in [0, 0.05) is 0 Å². The van der Waals surface area contributed by atoms with E-state index in [9.17, 15) is 9.59 Å². The minimum Gasteiger partial charge on any atom is -0.491 e. The maximum atomic E-state index is 12.5. The number of benzene rings is 3. The van der Waals surface area contributed by atoms with Crippen LogP contribution < -0.4 is 9.47 Å². The predicted molar refractivity (Wildman–Crippen MR) is 138 cm³/mol. The van der Waals surface area contributed by atoms with Crippen LogP contribution in [0.3, 0.4) is 0 Å². The molecule has 0 aliphatic heterocycles.